The van der Waals surface area contributed by atoms with Gasteiger partial charge >= 0.3 is 0 Å². The van der Waals surface area contributed by atoms with E-state index < -0.39 is 5.60 Å². The third kappa shape index (κ3) is 2.10. The van der Waals surface area contributed by atoms with Gasteiger partial charge in [0.25, 0.3) is 0 Å². The van der Waals surface area contributed by atoms with E-state index in [9.17, 15) is 5.11 Å². The summed E-state index contributed by atoms with van der Waals surface area (Å²) in [7, 11) is 1.65. The van der Waals surface area contributed by atoms with Crippen molar-refractivity contribution in [2.24, 2.45) is 0 Å². The van der Waals surface area contributed by atoms with E-state index in [0.29, 0.717) is 0 Å². The molecule has 2 nitrogen and oxygen atoms in total. The molecule has 1 aromatic carbocycles. The number of halogens is 1. The van der Waals surface area contributed by atoms with Gasteiger partial charge in [-0.2, -0.15) is 0 Å². The topological polar surface area (TPSA) is 29.5 Å². The lowest BCUT2D eigenvalue weighted by Crippen LogP contribution is -2.10. The second kappa shape index (κ2) is 3.55. The van der Waals surface area contributed by atoms with Crippen LogP contribution in [0.25, 0.3) is 0 Å². The highest BCUT2D eigenvalue weighted by Gasteiger charge is 2.40. The summed E-state index contributed by atoms with van der Waals surface area (Å²) in [5, 5.41) is 9.75. The monoisotopic (exact) mass is 256 g/mol. The van der Waals surface area contributed by atoms with Crippen molar-refractivity contribution in [1.29, 1.82) is 0 Å². The van der Waals surface area contributed by atoms with Gasteiger partial charge in [0.2, 0.25) is 0 Å². The standard InChI is InChI=1S/C11H13BrO2/c1-14-10-3-2-8(6-9(10)12)7-11(13)4-5-11/h2-3,6,13H,4-5,7H2,1H3. The molecule has 1 aliphatic carbocycles. The lowest BCUT2D eigenvalue weighted by atomic mass is 10.1. The lowest BCUT2D eigenvalue weighted by molar-refractivity contribution is 0.151. The molecular formula is C11H13BrO2. The van der Waals surface area contributed by atoms with Crippen molar-refractivity contribution in [3.8, 4) is 5.75 Å². The van der Waals surface area contributed by atoms with Gasteiger partial charge in [-0.05, 0) is 46.5 Å². The van der Waals surface area contributed by atoms with Gasteiger partial charge in [0.1, 0.15) is 5.75 Å². The number of ether oxygens (including phenoxy) is 1. The zero-order valence-corrected chi connectivity index (χ0v) is 9.67. The van der Waals surface area contributed by atoms with E-state index in [1.165, 1.54) is 0 Å². The Balaban J connectivity index is 2.15. The van der Waals surface area contributed by atoms with Gasteiger partial charge in [-0.15, -0.1) is 0 Å². The Labute approximate surface area is 92.0 Å². The van der Waals surface area contributed by atoms with Crippen LogP contribution in [-0.4, -0.2) is 17.8 Å². The van der Waals surface area contributed by atoms with Crippen molar-refractivity contribution in [3.63, 3.8) is 0 Å². The molecule has 0 heterocycles. The normalized spacial score (nSPS) is 17.9. The zero-order chi connectivity index (χ0) is 10.2. The molecule has 2 rings (SSSR count). The molecule has 0 aromatic heterocycles. The van der Waals surface area contributed by atoms with Crippen LogP contribution in [0.1, 0.15) is 18.4 Å². The predicted octanol–water partition coefficient (Wildman–Crippen LogP) is 2.53. The maximum absolute atomic E-state index is 9.75. The number of aliphatic hydroxyl groups is 1. The van der Waals surface area contributed by atoms with Gasteiger partial charge in [0, 0.05) is 6.42 Å². The predicted molar refractivity (Wildman–Crippen MR) is 58.6 cm³/mol. The van der Waals surface area contributed by atoms with E-state index >= 15 is 0 Å². The molecule has 0 radical (unpaired) electrons. The Kier molecular flexibility index (Phi) is 2.54. The first-order valence-electron chi connectivity index (χ1n) is 4.68. The van der Waals surface area contributed by atoms with Crippen molar-refractivity contribution < 1.29 is 9.84 Å². The van der Waals surface area contributed by atoms with Crippen LogP contribution in [0.3, 0.4) is 0 Å². The summed E-state index contributed by atoms with van der Waals surface area (Å²) >= 11 is 3.43. The zero-order valence-electron chi connectivity index (χ0n) is 8.09. The van der Waals surface area contributed by atoms with E-state index in [4.69, 9.17) is 4.74 Å². The molecule has 0 aliphatic heterocycles. The second-order valence-corrected chi connectivity index (χ2v) is 4.72. The van der Waals surface area contributed by atoms with E-state index in [1.54, 1.807) is 7.11 Å². The van der Waals surface area contributed by atoms with E-state index in [-0.39, 0.29) is 0 Å². The van der Waals surface area contributed by atoms with Crippen molar-refractivity contribution in [3.05, 3.63) is 28.2 Å². The third-order valence-electron chi connectivity index (χ3n) is 2.58. The molecule has 0 unspecified atom stereocenters. The Morgan fingerprint density at radius 2 is 2.21 bits per heavy atom. The Bertz CT molecular complexity index is 345. The summed E-state index contributed by atoms with van der Waals surface area (Å²) < 4.78 is 6.08. The highest BCUT2D eigenvalue weighted by atomic mass is 79.9. The third-order valence-corrected chi connectivity index (χ3v) is 3.20. The van der Waals surface area contributed by atoms with Crippen LogP contribution in [0.5, 0.6) is 5.75 Å². The fraction of sp³-hybridized carbons (Fsp3) is 0.455. The van der Waals surface area contributed by atoms with Crippen LogP contribution in [0.2, 0.25) is 0 Å². The van der Waals surface area contributed by atoms with Crippen LogP contribution >= 0.6 is 15.9 Å². The summed E-state index contributed by atoms with van der Waals surface area (Å²) in [5.74, 6) is 0.830. The molecule has 0 saturated heterocycles. The molecular weight excluding hydrogens is 244 g/mol. The van der Waals surface area contributed by atoms with Gasteiger partial charge in [0.05, 0.1) is 17.2 Å². The fourth-order valence-electron chi connectivity index (χ4n) is 1.52. The minimum atomic E-state index is -0.423. The first-order chi connectivity index (χ1) is 6.63. The Morgan fingerprint density at radius 1 is 1.50 bits per heavy atom. The average Bonchev–Trinajstić information content (AvgIpc) is 2.84. The van der Waals surface area contributed by atoms with E-state index in [0.717, 1.165) is 35.0 Å². The number of benzene rings is 1. The number of methoxy groups -OCH3 is 1. The summed E-state index contributed by atoms with van der Waals surface area (Å²) in [6, 6.07) is 5.93. The first-order valence-corrected chi connectivity index (χ1v) is 5.47. The summed E-state index contributed by atoms with van der Waals surface area (Å²) in [4.78, 5) is 0. The van der Waals surface area contributed by atoms with Crippen LogP contribution in [0, 0.1) is 0 Å². The molecule has 1 fully saturated rings. The number of hydrogen-bond donors (Lipinski definition) is 1. The maximum Gasteiger partial charge on any atom is 0.133 e. The minimum Gasteiger partial charge on any atom is -0.496 e. The molecule has 0 atom stereocenters. The fourth-order valence-corrected chi connectivity index (χ4v) is 2.11. The number of rotatable bonds is 3. The summed E-state index contributed by atoms with van der Waals surface area (Å²) in [6.07, 6.45) is 2.60. The first kappa shape index (κ1) is 9.99. The van der Waals surface area contributed by atoms with Crippen molar-refractivity contribution in [1.82, 2.24) is 0 Å². The Hall–Kier alpha value is -0.540. The van der Waals surface area contributed by atoms with Gasteiger partial charge in [-0.3, -0.25) is 0 Å². The smallest absolute Gasteiger partial charge is 0.133 e. The molecule has 0 amide bonds. The van der Waals surface area contributed by atoms with E-state index in [1.807, 2.05) is 18.2 Å². The molecule has 0 bridgehead atoms. The van der Waals surface area contributed by atoms with Crippen LogP contribution in [-0.2, 0) is 6.42 Å². The minimum absolute atomic E-state index is 0.423. The van der Waals surface area contributed by atoms with Crippen molar-refractivity contribution in [2.45, 2.75) is 24.9 Å². The van der Waals surface area contributed by atoms with Gasteiger partial charge < -0.3 is 9.84 Å². The molecule has 14 heavy (non-hydrogen) atoms. The molecule has 1 N–H and O–H groups in total. The van der Waals surface area contributed by atoms with Crippen molar-refractivity contribution in [2.75, 3.05) is 7.11 Å². The molecule has 1 saturated carbocycles. The van der Waals surface area contributed by atoms with Gasteiger partial charge in [-0.25, -0.2) is 0 Å². The van der Waals surface area contributed by atoms with Crippen molar-refractivity contribution >= 4 is 15.9 Å². The highest BCUT2D eigenvalue weighted by molar-refractivity contribution is 9.10. The van der Waals surface area contributed by atoms with E-state index in [2.05, 4.69) is 15.9 Å². The number of hydrogen-bond acceptors (Lipinski definition) is 2. The molecule has 3 heteroatoms. The van der Waals surface area contributed by atoms with Gasteiger partial charge in [-0.1, -0.05) is 6.07 Å². The molecule has 1 aliphatic rings. The van der Waals surface area contributed by atoms with Gasteiger partial charge in [0.15, 0.2) is 0 Å². The van der Waals surface area contributed by atoms with Crippen LogP contribution < -0.4 is 4.74 Å². The summed E-state index contributed by atoms with van der Waals surface area (Å²) in [6.45, 7) is 0. The van der Waals surface area contributed by atoms with Crippen LogP contribution in [0.15, 0.2) is 22.7 Å². The molecule has 0 spiro atoms. The Morgan fingerprint density at radius 3 is 2.71 bits per heavy atom. The average molecular weight is 257 g/mol. The molecule has 76 valence electrons. The lowest BCUT2D eigenvalue weighted by Gasteiger charge is -2.09. The SMILES string of the molecule is COc1ccc(CC2(O)CC2)cc1Br. The second-order valence-electron chi connectivity index (χ2n) is 3.87. The highest BCUT2D eigenvalue weighted by Crippen LogP contribution is 2.39. The molecule has 1 aromatic rings. The summed E-state index contributed by atoms with van der Waals surface area (Å²) in [5.41, 5.74) is 0.728. The largest absolute Gasteiger partial charge is 0.496 e. The quantitative estimate of drug-likeness (QED) is 0.901. The maximum atomic E-state index is 9.75. The van der Waals surface area contributed by atoms with Crippen LogP contribution in [0.4, 0.5) is 0 Å².